The Kier molecular flexibility index (Phi) is 4.37. The molecule has 8 heteroatoms. The van der Waals surface area contributed by atoms with E-state index in [1.54, 1.807) is 24.3 Å². The van der Waals surface area contributed by atoms with Crippen molar-refractivity contribution in [1.82, 2.24) is 30.1 Å². The Morgan fingerprint density at radius 1 is 1.12 bits per heavy atom. The molecule has 0 aliphatic carbocycles. The van der Waals surface area contributed by atoms with E-state index >= 15 is 0 Å². The lowest BCUT2D eigenvalue weighted by atomic mass is 10.2. The van der Waals surface area contributed by atoms with Crippen LogP contribution >= 0.6 is 11.6 Å². The summed E-state index contributed by atoms with van der Waals surface area (Å²) >= 11 is 6.06. The van der Waals surface area contributed by atoms with Gasteiger partial charge in [0.05, 0.1) is 5.69 Å². The second kappa shape index (κ2) is 6.97. The molecule has 130 valence electrons. The average Bonchev–Trinajstić information content (AvgIpc) is 3.32. The number of nitrogens with one attached hydrogen (secondary N) is 1. The summed E-state index contributed by atoms with van der Waals surface area (Å²) in [4.78, 5) is 12.3. The van der Waals surface area contributed by atoms with Crippen LogP contribution in [0.25, 0.3) is 16.6 Å². The first-order chi connectivity index (χ1) is 12.7. The third-order valence-electron chi connectivity index (χ3n) is 4.12. The molecule has 0 aliphatic heterocycles. The van der Waals surface area contributed by atoms with Gasteiger partial charge in [0.1, 0.15) is 6.33 Å². The van der Waals surface area contributed by atoms with E-state index in [4.69, 9.17) is 11.6 Å². The summed E-state index contributed by atoms with van der Waals surface area (Å²) in [5.74, 6) is -0.122. The summed E-state index contributed by atoms with van der Waals surface area (Å²) in [5, 5.41) is 15.7. The Morgan fingerprint density at radius 2 is 1.96 bits per heavy atom. The second-order valence-electron chi connectivity index (χ2n) is 5.77. The van der Waals surface area contributed by atoms with Crippen molar-refractivity contribution < 1.29 is 4.79 Å². The molecule has 0 bridgehead atoms. The monoisotopic (exact) mass is 366 g/mol. The van der Waals surface area contributed by atoms with Crippen molar-refractivity contribution >= 4 is 28.4 Å². The van der Waals surface area contributed by atoms with Crippen molar-refractivity contribution in [2.75, 3.05) is 6.54 Å². The fourth-order valence-electron chi connectivity index (χ4n) is 2.79. The average molecular weight is 367 g/mol. The molecule has 4 rings (SSSR count). The first-order valence-corrected chi connectivity index (χ1v) is 8.44. The van der Waals surface area contributed by atoms with Crippen LogP contribution in [-0.2, 0) is 6.54 Å². The van der Waals surface area contributed by atoms with Gasteiger partial charge in [0.2, 0.25) is 0 Å². The fraction of sp³-hybridized carbons (Fsp3) is 0.111. The highest BCUT2D eigenvalue weighted by atomic mass is 35.5. The van der Waals surface area contributed by atoms with Crippen LogP contribution in [0.1, 0.15) is 10.4 Å². The Balaban J connectivity index is 1.38. The number of rotatable bonds is 5. The van der Waals surface area contributed by atoms with Crippen molar-refractivity contribution in [2.45, 2.75) is 6.54 Å². The van der Waals surface area contributed by atoms with Crippen LogP contribution < -0.4 is 5.32 Å². The molecule has 0 spiro atoms. The molecule has 2 aromatic heterocycles. The van der Waals surface area contributed by atoms with E-state index in [1.807, 2.05) is 30.5 Å². The predicted octanol–water partition coefficient (Wildman–Crippen LogP) is 2.70. The minimum atomic E-state index is -0.122. The summed E-state index contributed by atoms with van der Waals surface area (Å²) in [6.07, 6.45) is 3.50. The topological polar surface area (TPSA) is 77.6 Å². The van der Waals surface area contributed by atoms with Gasteiger partial charge in [-0.3, -0.25) is 4.79 Å². The lowest BCUT2D eigenvalue weighted by Gasteiger charge is -2.08. The smallest absolute Gasteiger partial charge is 0.251 e. The quantitative estimate of drug-likeness (QED) is 0.589. The molecule has 1 N–H and O–H groups in total. The molecule has 1 amide bonds. The zero-order chi connectivity index (χ0) is 17.9. The highest BCUT2D eigenvalue weighted by molar-refractivity contribution is 6.31. The van der Waals surface area contributed by atoms with Crippen LogP contribution in [0.5, 0.6) is 0 Å². The Morgan fingerprint density at radius 3 is 2.73 bits per heavy atom. The van der Waals surface area contributed by atoms with E-state index in [9.17, 15) is 4.79 Å². The zero-order valence-electron chi connectivity index (χ0n) is 13.7. The van der Waals surface area contributed by atoms with Crippen molar-refractivity contribution in [3.8, 4) is 5.69 Å². The van der Waals surface area contributed by atoms with E-state index in [0.29, 0.717) is 23.7 Å². The number of benzene rings is 2. The normalized spacial score (nSPS) is 11.0. The van der Waals surface area contributed by atoms with Gasteiger partial charge in [-0.15, -0.1) is 5.10 Å². The number of aromatic nitrogens is 5. The van der Waals surface area contributed by atoms with E-state index < -0.39 is 0 Å². The number of tetrazole rings is 1. The van der Waals surface area contributed by atoms with Crippen molar-refractivity contribution in [2.24, 2.45) is 0 Å². The standard InChI is InChI=1S/C18H15ClN6O/c19-15-4-1-13-7-9-24(17(13)11-15)10-8-20-18(26)14-2-5-16(6-3-14)25-12-21-22-23-25/h1-7,9,11-12H,8,10H2,(H,20,26). The number of amides is 1. The number of fused-ring (bicyclic) bond motifs is 1. The molecule has 7 nitrogen and oxygen atoms in total. The maximum atomic E-state index is 12.3. The van der Waals surface area contributed by atoms with E-state index in [2.05, 4.69) is 25.4 Å². The molecule has 0 unspecified atom stereocenters. The molecule has 0 aliphatic rings. The molecule has 2 heterocycles. The van der Waals surface area contributed by atoms with Crippen LogP contribution in [0.4, 0.5) is 0 Å². The summed E-state index contributed by atoms with van der Waals surface area (Å²) in [7, 11) is 0. The van der Waals surface area contributed by atoms with Gasteiger partial charge in [-0.2, -0.15) is 0 Å². The molecule has 0 saturated heterocycles. The minimum Gasteiger partial charge on any atom is -0.350 e. The van der Waals surface area contributed by atoms with Crippen LogP contribution in [0.2, 0.25) is 5.02 Å². The summed E-state index contributed by atoms with van der Waals surface area (Å²) in [6, 6.07) is 14.9. The molecule has 0 saturated carbocycles. The van der Waals surface area contributed by atoms with Gasteiger partial charge in [0, 0.05) is 35.4 Å². The maximum Gasteiger partial charge on any atom is 0.251 e. The van der Waals surface area contributed by atoms with E-state index in [0.717, 1.165) is 16.6 Å². The van der Waals surface area contributed by atoms with Gasteiger partial charge >= 0.3 is 0 Å². The summed E-state index contributed by atoms with van der Waals surface area (Å²) < 4.78 is 3.60. The third-order valence-corrected chi connectivity index (χ3v) is 4.35. The Labute approximate surface area is 154 Å². The Bertz CT molecular complexity index is 1040. The SMILES string of the molecule is O=C(NCCn1ccc2ccc(Cl)cc21)c1ccc(-n2cnnn2)cc1. The van der Waals surface area contributed by atoms with Gasteiger partial charge < -0.3 is 9.88 Å². The molecule has 0 radical (unpaired) electrons. The molecular formula is C18H15ClN6O. The first-order valence-electron chi connectivity index (χ1n) is 8.07. The minimum absolute atomic E-state index is 0.122. The van der Waals surface area contributed by atoms with Crippen LogP contribution in [0.15, 0.2) is 61.1 Å². The largest absolute Gasteiger partial charge is 0.350 e. The number of carbonyl (C=O) groups excluding carboxylic acids is 1. The maximum absolute atomic E-state index is 12.3. The van der Waals surface area contributed by atoms with Crippen molar-refractivity contribution in [1.29, 1.82) is 0 Å². The fourth-order valence-corrected chi connectivity index (χ4v) is 2.96. The van der Waals surface area contributed by atoms with Gasteiger partial charge in [0.15, 0.2) is 0 Å². The van der Waals surface area contributed by atoms with E-state index in [1.165, 1.54) is 11.0 Å². The van der Waals surface area contributed by atoms with Gasteiger partial charge in [0.25, 0.3) is 5.91 Å². The highest BCUT2D eigenvalue weighted by Gasteiger charge is 2.07. The second-order valence-corrected chi connectivity index (χ2v) is 6.21. The van der Waals surface area contributed by atoms with Crippen LogP contribution in [0.3, 0.4) is 0 Å². The molecule has 2 aromatic carbocycles. The molecule has 0 fully saturated rings. The van der Waals surface area contributed by atoms with Gasteiger partial charge in [-0.25, -0.2) is 4.68 Å². The summed E-state index contributed by atoms with van der Waals surface area (Å²) in [5.41, 5.74) is 2.43. The third kappa shape index (κ3) is 3.29. The lowest BCUT2D eigenvalue weighted by Crippen LogP contribution is -2.27. The predicted molar refractivity (Wildman–Crippen MR) is 98.4 cm³/mol. The van der Waals surface area contributed by atoms with Crippen LogP contribution in [0, 0.1) is 0 Å². The first kappa shape index (κ1) is 16.3. The van der Waals surface area contributed by atoms with Gasteiger partial charge in [-0.05, 0) is 58.3 Å². The Hall–Kier alpha value is -3.19. The number of nitrogens with zero attached hydrogens (tertiary/aromatic N) is 5. The van der Waals surface area contributed by atoms with Gasteiger partial charge in [-0.1, -0.05) is 17.7 Å². The number of hydrogen-bond acceptors (Lipinski definition) is 4. The molecule has 0 atom stereocenters. The summed E-state index contributed by atoms with van der Waals surface area (Å²) in [6.45, 7) is 1.18. The number of carbonyl (C=O) groups is 1. The highest BCUT2D eigenvalue weighted by Crippen LogP contribution is 2.20. The zero-order valence-corrected chi connectivity index (χ0v) is 14.5. The van der Waals surface area contributed by atoms with Crippen LogP contribution in [-0.4, -0.2) is 37.2 Å². The number of hydrogen-bond donors (Lipinski definition) is 1. The lowest BCUT2D eigenvalue weighted by molar-refractivity contribution is 0.0952. The molecule has 4 aromatic rings. The number of halogens is 1. The van der Waals surface area contributed by atoms with Crippen molar-refractivity contribution in [3.05, 3.63) is 71.6 Å². The van der Waals surface area contributed by atoms with E-state index in [-0.39, 0.29) is 5.91 Å². The van der Waals surface area contributed by atoms with Crippen molar-refractivity contribution in [3.63, 3.8) is 0 Å². The molecular weight excluding hydrogens is 352 g/mol. The molecule has 26 heavy (non-hydrogen) atoms.